The van der Waals surface area contributed by atoms with Gasteiger partial charge in [-0.15, -0.1) is 0 Å². The second kappa shape index (κ2) is 12.4. The second-order valence-electron chi connectivity index (χ2n) is 9.22. The van der Waals surface area contributed by atoms with Crippen molar-refractivity contribution >= 4 is 29.4 Å². The molecule has 0 bridgehead atoms. The molecule has 38 heavy (non-hydrogen) atoms. The minimum atomic E-state index is -0.363. The SMILES string of the molecule is CCOc1cccc(-n2cc(-c3ccccc3)nc2NC(=O)CN(CC(C)C)C(=O)c2ccccc2Cl)c1. The number of carbonyl (C=O) groups is 2. The maximum atomic E-state index is 13.3. The molecule has 0 unspecified atom stereocenters. The molecule has 7 nitrogen and oxygen atoms in total. The summed E-state index contributed by atoms with van der Waals surface area (Å²) in [5.41, 5.74) is 2.77. The van der Waals surface area contributed by atoms with Gasteiger partial charge in [0.2, 0.25) is 11.9 Å². The lowest BCUT2D eigenvalue weighted by molar-refractivity contribution is -0.117. The van der Waals surface area contributed by atoms with Crippen LogP contribution in [-0.2, 0) is 4.79 Å². The zero-order valence-corrected chi connectivity index (χ0v) is 22.5. The number of hydrogen-bond donors (Lipinski definition) is 1. The van der Waals surface area contributed by atoms with Crippen LogP contribution >= 0.6 is 11.6 Å². The van der Waals surface area contributed by atoms with E-state index in [2.05, 4.69) is 5.32 Å². The highest BCUT2D eigenvalue weighted by Crippen LogP contribution is 2.26. The van der Waals surface area contributed by atoms with Crippen LogP contribution in [0, 0.1) is 5.92 Å². The number of anilines is 1. The molecule has 4 rings (SSSR count). The number of halogens is 1. The molecule has 0 saturated heterocycles. The minimum Gasteiger partial charge on any atom is -0.494 e. The Labute approximate surface area is 228 Å². The fourth-order valence-corrected chi connectivity index (χ4v) is 4.32. The summed E-state index contributed by atoms with van der Waals surface area (Å²) >= 11 is 6.28. The van der Waals surface area contributed by atoms with Gasteiger partial charge >= 0.3 is 0 Å². The van der Waals surface area contributed by atoms with Crippen molar-refractivity contribution in [2.24, 2.45) is 5.92 Å². The molecule has 0 fully saturated rings. The Morgan fingerprint density at radius 3 is 2.47 bits per heavy atom. The van der Waals surface area contributed by atoms with Gasteiger partial charge in [-0.2, -0.15) is 0 Å². The van der Waals surface area contributed by atoms with Crippen LogP contribution in [0.5, 0.6) is 5.75 Å². The number of hydrogen-bond acceptors (Lipinski definition) is 4. The van der Waals surface area contributed by atoms with Crippen molar-refractivity contribution in [1.82, 2.24) is 14.5 Å². The molecular formula is C30H31ClN4O3. The van der Waals surface area contributed by atoms with Gasteiger partial charge in [-0.3, -0.25) is 19.5 Å². The Hall–Kier alpha value is -4.10. The van der Waals surface area contributed by atoms with Crippen LogP contribution in [0.15, 0.2) is 85.1 Å². The van der Waals surface area contributed by atoms with Gasteiger partial charge in [0.15, 0.2) is 0 Å². The highest BCUT2D eigenvalue weighted by atomic mass is 35.5. The van der Waals surface area contributed by atoms with E-state index in [-0.39, 0.29) is 24.3 Å². The third-order valence-corrected chi connectivity index (χ3v) is 6.07. The predicted octanol–water partition coefficient (Wildman–Crippen LogP) is 6.33. The maximum absolute atomic E-state index is 13.3. The van der Waals surface area contributed by atoms with E-state index in [0.717, 1.165) is 11.3 Å². The average Bonchev–Trinajstić information content (AvgIpc) is 3.32. The first-order chi connectivity index (χ1) is 18.4. The number of nitrogens with one attached hydrogen (secondary N) is 1. The summed E-state index contributed by atoms with van der Waals surface area (Å²) < 4.78 is 7.48. The Balaban J connectivity index is 1.64. The van der Waals surface area contributed by atoms with Crippen LogP contribution in [-0.4, -0.2) is 46.0 Å². The van der Waals surface area contributed by atoms with Crippen LogP contribution in [0.2, 0.25) is 5.02 Å². The zero-order chi connectivity index (χ0) is 27.1. The van der Waals surface area contributed by atoms with Crippen LogP contribution in [0.3, 0.4) is 0 Å². The van der Waals surface area contributed by atoms with Crippen LogP contribution < -0.4 is 10.1 Å². The van der Waals surface area contributed by atoms with Crippen molar-refractivity contribution in [2.45, 2.75) is 20.8 Å². The largest absolute Gasteiger partial charge is 0.494 e. The van der Waals surface area contributed by atoms with Gasteiger partial charge in [0.05, 0.1) is 28.6 Å². The van der Waals surface area contributed by atoms with Crippen molar-refractivity contribution in [3.63, 3.8) is 0 Å². The van der Waals surface area contributed by atoms with Crippen LogP contribution in [0.1, 0.15) is 31.1 Å². The monoisotopic (exact) mass is 530 g/mol. The number of benzene rings is 3. The molecule has 0 atom stereocenters. The van der Waals surface area contributed by atoms with E-state index in [4.69, 9.17) is 21.3 Å². The van der Waals surface area contributed by atoms with Gasteiger partial charge in [0.25, 0.3) is 5.91 Å². The molecule has 1 heterocycles. The first-order valence-corrected chi connectivity index (χ1v) is 12.9. The molecular weight excluding hydrogens is 500 g/mol. The third kappa shape index (κ3) is 6.61. The molecule has 2 amide bonds. The number of imidazole rings is 1. The summed E-state index contributed by atoms with van der Waals surface area (Å²) in [6, 6.07) is 24.2. The number of nitrogens with zero attached hydrogens (tertiary/aromatic N) is 3. The van der Waals surface area contributed by atoms with Gasteiger partial charge in [0, 0.05) is 24.4 Å². The molecule has 0 radical (unpaired) electrons. The van der Waals surface area contributed by atoms with Gasteiger partial charge in [-0.05, 0) is 37.1 Å². The van der Waals surface area contributed by atoms with E-state index in [1.54, 1.807) is 24.3 Å². The number of aromatic nitrogens is 2. The molecule has 0 saturated carbocycles. The lowest BCUT2D eigenvalue weighted by Gasteiger charge is -2.24. The van der Waals surface area contributed by atoms with Crippen molar-refractivity contribution in [1.29, 1.82) is 0 Å². The molecule has 0 spiro atoms. The highest BCUT2D eigenvalue weighted by molar-refractivity contribution is 6.33. The Bertz CT molecular complexity index is 1400. The second-order valence-corrected chi connectivity index (χ2v) is 9.63. The van der Waals surface area contributed by atoms with Crippen LogP contribution in [0.4, 0.5) is 5.95 Å². The number of ether oxygens (including phenoxy) is 1. The molecule has 0 aliphatic heterocycles. The molecule has 1 aromatic heterocycles. The maximum Gasteiger partial charge on any atom is 0.255 e. The van der Waals surface area contributed by atoms with E-state index in [1.807, 2.05) is 86.1 Å². The van der Waals surface area contributed by atoms with Gasteiger partial charge in [-0.25, -0.2) is 4.98 Å². The normalized spacial score (nSPS) is 10.9. The molecule has 4 aromatic rings. The lowest BCUT2D eigenvalue weighted by atomic mass is 10.1. The smallest absolute Gasteiger partial charge is 0.255 e. The molecule has 1 N–H and O–H groups in total. The van der Waals surface area contributed by atoms with Gasteiger partial charge in [0.1, 0.15) is 12.3 Å². The molecule has 3 aromatic carbocycles. The quantitative estimate of drug-likeness (QED) is 0.260. The Morgan fingerprint density at radius 2 is 1.76 bits per heavy atom. The Morgan fingerprint density at radius 1 is 1.03 bits per heavy atom. The van der Waals surface area contributed by atoms with Crippen molar-refractivity contribution < 1.29 is 14.3 Å². The van der Waals surface area contributed by atoms with E-state index in [9.17, 15) is 9.59 Å². The molecule has 8 heteroatoms. The summed E-state index contributed by atoms with van der Waals surface area (Å²) in [5.74, 6) is 0.556. The van der Waals surface area contributed by atoms with Gasteiger partial charge < -0.3 is 9.64 Å². The van der Waals surface area contributed by atoms with Crippen molar-refractivity contribution in [3.05, 3.63) is 95.6 Å². The summed E-state index contributed by atoms with van der Waals surface area (Å²) in [6.07, 6.45) is 1.87. The summed E-state index contributed by atoms with van der Waals surface area (Å²) in [5, 5.41) is 3.27. The van der Waals surface area contributed by atoms with E-state index in [1.165, 1.54) is 4.90 Å². The lowest BCUT2D eigenvalue weighted by Crippen LogP contribution is -2.40. The highest BCUT2D eigenvalue weighted by Gasteiger charge is 2.23. The summed E-state index contributed by atoms with van der Waals surface area (Å²) in [4.78, 5) is 32.8. The Kier molecular flexibility index (Phi) is 8.81. The van der Waals surface area contributed by atoms with E-state index in [0.29, 0.717) is 41.1 Å². The predicted molar refractivity (Wildman–Crippen MR) is 151 cm³/mol. The number of carbonyl (C=O) groups excluding carboxylic acids is 2. The minimum absolute atomic E-state index is 0.144. The average molecular weight is 531 g/mol. The van der Waals surface area contributed by atoms with Crippen molar-refractivity contribution in [2.75, 3.05) is 25.0 Å². The van der Waals surface area contributed by atoms with E-state index < -0.39 is 0 Å². The fourth-order valence-electron chi connectivity index (χ4n) is 4.11. The first-order valence-electron chi connectivity index (χ1n) is 12.6. The first kappa shape index (κ1) is 26.9. The summed E-state index contributed by atoms with van der Waals surface area (Å²) in [7, 11) is 0. The van der Waals surface area contributed by atoms with Crippen LogP contribution in [0.25, 0.3) is 16.9 Å². The molecule has 196 valence electrons. The number of rotatable bonds is 10. The third-order valence-electron chi connectivity index (χ3n) is 5.74. The molecule has 0 aliphatic rings. The van der Waals surface area contributed by atoms with E-state index >= 15 is 0 Å². The zero-order valence-electron chi connectivity index (χ0n) is 21.7. The summed E-state index contributed by atoms with van der Waals surface area (Å²) in [6.45, 7) is 6.71. The van der Waals surface area contributed by atoms with Gasteiger partial charge in [-0.1, -0.05) is 74.0 Å². The number of amides is 2. The standard InChI is InChI=1S/C30H31ClN4O3/c1-4-38-24-14-10-13-23(17-24)35-19-27(22-11-6-5-7-12-22)32-30(35)33-28(36)20-34(18-21(2)3)29(37)25-15-8-9-16-26(25)31/h5-17,19,21H,4,18,20H2,1-3H3,(H,32,33,36). The van der Waals surface area contributed by atoms with Crippen molar-refractivity contribution in [3.8, 4) is 22.7 Å². The topological polar surface area (TPSA) is 76.5 Å². The molecule has 0 aliphatic carbocycles. The fraction of sp³-hybridized carbons (Fsp3) is 0.233.